The van der Waals surface area contributed by atoms with Crippen molar-refractivity contribution in [3.05, 3.63) is 29.8 Å². The minimum atomic E-state index is -0.168. The normalized spacial score (nSPS) is 11.8. The SMILES string of the molecule is CCC(=O)N(C)c1ccccc1C(=O)NCC(C)NC. The molecule has 0 aliphatic rings. The summed E-state index contributed by atoms with van der Waals surface area (Å²) in [6.45, 7) is 4.32. The predicted molar refractivity (Wildman–Crippen MR) is 81.0 cm³/mol. The monoisotopic (exact) mass is 277 g/mol. The van der Waals surface area contributed by atoms with Crippen molar-refractivity contribution in [1.29, 1.82) is 0 Å². The number of nitrogens with zero attached hydrogens (tertiary/aromatic N) is 1. The molecule has 20 heavy (non-hydrogen) atoms. The zero-order chi connectivity index (χ0) is 15.1. The van der Waals surface area contributed by atoms with Crippen LogP contribution < -0.4 is 15.5 Å². The fourth-order valence-electron chi connectivity index (χ4n) is 1.77. The van der Waals surface area contributed by atoms with Crippen molar-refractivity contribution in [2.24, 2.45) is 0 Å². The molecule has 1 unspecified atom stereocenters. The Labute approximate surface area is 120 Å². The van der Waals surface area contributed by atoms with E-state index in [-0.39, 0.29) is 17.9 Å². The number of anilines is 1. The van der Waals surface area contributed by atoms with Gasteiger partial charge in [-0.1, -0.05) is 19.1 Å². The predicted octanol–water partition coefficient (Wildman–Crippen LogP) is 1.40. The maximum Gasteiger partial charge on any atom is 0.253 e. The average Bonchev–Trinajstić information content (AvgIpc) is 2.50. The molecule has 5 nitrogen and oxygen atoms in total. The third-order valence-electron chi connectivity index (χ3n) is 3.25. The van der Waals surface area contributed by atoms with Gasteiger partial charge in [-0.2, -0.15) is 0 Å². The molecule has 1 atom stereocenters. The molecule has 0 aromatic heterocycles. The van der Waals surface area contributed by atoms with E-state index in [0.717, 1.165) is 0 Å². The highest BCUT2D eigenvalue weighted by atomic mass is 16.2. The molecule has 1 rings (SSSR count). The van der Waals surface area contributed by atoms with E-state index in [0.29, 0.717) is 24.2 Å². The average molecular weight is 277 g/mol. The lowest BCUT2D eigenvalue weighted by atomic mass is 10.1. The number of nitrogens with one attached hydrogen (secondary N) is 2. The molecule has 1 aromatic carbocycles. The number of para-hydroxylation sites is 1. The number of rotatable bonds is 6. The number of hydrogen-bond acceptors (Lipinski definition) is 3. The lowest BCUT2D eigenvalue weighted by Gasteiger charge is -2.20. The Balaban J connectivity index is 2.89. The highest BCUT2D eigenvalue weighted by molar-refractivity contribution is 6.04. The summed E-state index contributed by atoms with van der Waals surface area (Å²) in [5.41, 5.74) is 1.15. The van der Waals surface area contributed by atoms with Crippen LogP contribution in [0, 0.1) is 0 Å². The Bertz CT molecular complexity index is 474. The Hall–Kier alpha value is -1.88. The van der Waals surface area contributed by atoms with Gasteiger partial charge in [-0.15, -0.1) is 0 Å². The van der Waals surface area contributed by atoms with Crippen LogP contribution in [0.4, 0.5) is 5.69 Å². The largest absolute Gasteiger partial charge is 0.350 e. The highest BCUT2D eigenvalue weighted by Gasteiger charge is 2.17. The van der Waals surface area contributed by atoms with Crippen LogP contribution in [0.1, 0.15) is 30.6 Å². The van der Waals surface area contributed by atoms with Crippen LogP contribution in [-0.4, -0.2) is 38.5 Å². The maximum atomic E-state index is 12.2. The van der Waals surface area contributed by atoms with Crippen molar-refractivity contribution in [3.8, 4) is 0 Å². The molecule has 0 saturated heterocycles. The van der Waals surface area contributed by atoms with E-state index >= 15 is 0 Å². The number of benzene rings is 1. The summed E-state index contributed by atoms with van der Waals surface area (Å²) in [5, 5.41) is 5.92. The van der Waals surface area contributed by atoms with Gasteiger partial charge in [0.15, 0.2) is 0 Å². The zero-order valence-corrected chi connectivity index (χ0v) is 12.6. The van der Waals surface area contributed by atoms with Gasteiger partial charge in [0.25, 0.3) is 5.91 Å². The van der Waals surface area contributed by atoms with Gasteiger partial charge >= 0.3 is 0 Å². The van der Waals surface area contributed by atoms with Gasteiger partial charge in [-0.05, 0) is 26.1 Å². The van der Waals surface area contributed by atoms with Crippen LogP contribution >= 0.6 is 0 Å². The molecule has 2 N–H and O–H groups in total. The van der Waals surface area contributed by atoms with Gasteiger partial charge in [0, 0.05) is 26.1 Å². The van der Waals surface area contributed by atoms with Gasteiger partial charge in [-0.3, -0.25) is 9.59 Å². The molecular formula is C15H23N3O2. The van der Waals surface area contributed by atoms with Crippen molar-refractivity contribution in [2.75, 3.05) is 25.5 Å². The lowest BCUT2D eigenvalue weighted by molar-refractivity contribution is -0.118. The Morgan fingerprint density at radius 3 is 2.55 bits per heavy atom. The second-order valence-corrected chi connectivity index (χ2v) is 4.72. The molecule has 0 heterocycles. The third-order valence-corrected chi connectivity index (χ3v) is 3.25. The fraction of sp³-hybridized carbons (Fsp3) is 0.467. The molecule has 0 radical (unpaired) electrons. The Morgan fingerprint density at radius 2 is 1.95 bits per heavy atom. The molecule has 0 spiro atoms. The first-order valence-corrected chi connectivity index (χ1v) is 6.82. The standard InChI is InChI=1S/C15H23N3O2/c1-5-14(19)18(4)13-9-7-6-8-12(13)15(20)17-10-11(2)16-3/h6-9,11,16H,5,10H2,1-4H3,(H,17,20). The van der Waals surface area contributed by atoms with E-state index in [1.807, 2.05) is 20.0 Å². The number of amides is 2. The summed E-state index contributed by atoms with van der Waals surface area (Å²) in [6.07, 6.45) is 0.406. The van der Waals surface area contributed by atoms with Crippen molar-refractivity contribution in [2.45, 2.75) is 26.3 Å². The minimum Gasteiger partial charge on any atom is -0.350 e. The van der Waals surface area contributed by atoms with Gasteiger partial charge in [-0.25, -0.2) is 0 Å². The summed E-state index contributed by atoms with van der Waals surface area (Å²) in [6, 6.07) is 7.32. The van der Waals surface area contributed by atoms with Gasteiger partial charge < -0.3 is 15.5 Å². The van der Waals surface area contributed by atoms with Crippen LogP contribution in [0.2, 0.25) is 0 Å². The highest BCUT2D eigenvalue weighted by Crippen LogP contribution is 2.19. The first kappa shape index (κ1) is 16.2. The number of hydrogen-bond donors (Lipinski definition) is 2. The van der Waals surface area contributed by atoms with E-state index in [9.17, 15) is 9.59 Å². The molecule has 0 aliphatic heterocycles. The topological polar surface area (TPSA) is 61.4 Å². The summed E-state index contributed by atoms with van der Waals surface area (Å²) < 4.78 is 0. The summed E-state index contributed by atoms with van der Waals surface area (Å²) in [5.74, 6) is -0.188. The third kappa shape index (κ3) is 4.06. The van der Waals surface area contributed by atoms with E-state index < -0.39 is 0 Å². The zero-order valence-electron chi connectivity index (χ0n) is 12.6. The second kappa shape index (κ2) is 7.65. The molecule has 5 heteroatoms. The smallest absolute Gasteiger partial charge is 0.253 e. The molecular weight excluding hydrogens is 254 g/mol. The van der Waals surface area contributed by atoms with Crippen molar-refractivity contribution in [3.63, 3.8) is 0 Å². The van der Waals surface area contributed by atoms with Crippen LogP contribution in [-0.2, 0) is 4.79 Å². The van der Waals surface area contributed by atoms with Crippen molar-refractivity contribution >= 4 is 17.5 Å². The summed E-state index contributed by atoms with van der Waals surface area (Å²) in [4.78, 5) is 25.5. The summed E-state index contributed by atoms with van der Waals surface area (Å²) in [7, 11) is 3.53. The minimum absolute atomic E-state index is 0.0196. The molecule has 2 amide bonds. The van der Waals surface area contributed by atoms with E-state index in [4.69, 9.17) is 0 Å². The number of carbonyl (C=O) groups excluding carboxylic acids is 2. The van der Waals surface area contributed by atoms with Crippen LogP contribution in [0.15, 0.2) is 24.3 Å². The lowest BCUT2D eigenvalue weighted by Crippen LogP contribution is -2.38. The quantitative estimate of drug-likeness (QED) is 0.826. The second-order valence-electron chi connectivity index (χ2n) is 4.72. The molecule has 0 bridgehead atoms. The Morgan fingerprint density at radius 1 is 1.30 bits per heavy atom. The number of likely N-dealkylation sites (N-methyl/N-ethyl adjacent to an activating group) is 1. The van der Waals surface area contributed by atoms with Crippen molar-refractivity contribution in [1.82, 2.24) is 10.6 Å². The van der Waals surface area contributed by atoms with Gasteiger partial charge in [0.05, 0.1) is 11.3 Å². The summed E-state index contributed by atoms with van der Waals surface area (Å²) >= 11 is 0. The first-order chi connectivity index (χ1) is 9.51. The molecule has 0 saturated carbocycles. The molecule has 1 aromatic rings. The Kier molecular flexibility index (Phi) is 6.18. The van der Waals surface area contributed by atoms with Crippen LogP contribution in [0.25, 0.3) is 0 Å². The van der Waals surface area contributed by atoms with Crippen LogP contribution in [0.3, 0.4) is 0 Å². The molecule has 0 fully saturated rings. The maximum absolute atomic E-state index is 12.2. The van der Waals surface area contributed by atoms with Crippen molar-refractivity contribution < 1.29 is 9.59 Å². The fourth-order valence-corrected chi connectivity index (χ4v) is 1.77. The number of carbonyl (C=O) groups is 2. The molecule has 110 valence electrons. The van der Waals surface area contributed by atoms with E-state index in [2.05, 4.69) is 10.6 Å². The van der Waals surface area contributed by atoms with E-state index in [1.54, 1.807) is 32.2 Å². The van der Waals surface area contributed by atoms with E-state index in [1.165, 1.54) is 4.90 Å². The molecule has 0 aliphatic carbocycles. The van der Waals surface area contributed by atoms with Gasteiger partial charge in [0.1, 0.15) is 0 Å². The van der Waals surface area contributed by atoms with Gasteiger partial charge in [0.2, 0.25) is 5.91 Å². The van der Waals surface area contributed by atoms with Crippen LogP contribution in [0.5, 0.6) is 0 Å². The first-order valence-electron chi connectivity index (χ1n) is 6.82.